The molecule has 0 atom stereocenters. The summed E-state index contributed by atoms with van der Waals surface area (Å²) in [6.45, 7) is 4.20. The molecule has 1 N–H and O–H groups in total. The summed E-state index contributed by atoms with van der Waals surface area (Å²) in [4.78, 5) is 8.19. The normalized spacial score (nSPS) is 11.4. The van der Waals surface area contributed by atoms with Gasteiger partial charge in [-0.15, -0.1) is 0 Å². The van der Waals surface area contributed by atoms with Crippen molar-refractivity contribution >= 4 is 0 Å². The van der Waals surface area contributed by atoms with Gasteiger partial charge in [0, 0.05) is 11.6 Å². The van der Waals surface area contributed by atoms with Crippen LogP contribution in [0.25, 0.3) is 0 Å². The topological polar surface area (TPSA) is 46.0 Å². The van der Waals surface area contributed by atoms with E-state index in [0.717, 1.165) is 11.3 Å². The number of aromatic hydroxyl groups is 1. The molecule has 82 valence electrons. The molecule has 1 heterocycles. The molecule has 0 unspecified atom stereocenters. The molecule has 3 heteroatoms. The van der Waals surface area contributed by atoms with Crippen LogP contribution in [0.2, 0.25) is 0 Å². The van der Waals surface area contributed by atoms with Crippen molar-refractivity contribution in [2.45, 2.75) is 19.3 Å². The van der Waals surface area contributed by atoms with Crippen LogP contribution >= 0.6 is 0 Å². The Labute approximate surface area is 94.8 Å². The second-order valence-corrected chi connectivity index (χ2v) is 4.27. The summed E-state index contributed by atoms with van der Waals surface area (Å²) in [6.07, 6.45) is 3.29. The molecule has 0 saturated heterocycles. The lowest BCUT2D eigenvalue weighted by atomic mass is 9.81. The first kappa shape index (κ1) is 10.6. The van der Waals surface area contributed by atoms with E-state index in [1.807, 2.05) is 18.2 Å². The zero-order valence-electron chi connectivity index (χ0n) is 9.38. The Bertz CT molecular complexity index is 463. The van der Waals surface area contributed by atoms with Crippen LogP contribution in [0.1, 0.15) is 25.1 Å². The molecule has 16 heavy (non-hydrogen) atoms. The molecule has 0 amide bonds. The quantitative estimate of drug-likeness (QED) is 0.835. The summed E-state index contributed by atoms with van der Waals surface area (Å²) in [5.41, 5.74) is 1.90. The third-order valence-corrected chi connectivity index (χ3v) is 2.81. The van der Waals surface area contributed by atoms with Crippen LogP contribution < -0.4 is 0 Å². The number of hydrogen-bond donors (Lipinski definition) is 1. The molecular formula is C13H14N2O. The van der Waals surface area contributed by atoms with E-state index in [4.69, 9.17) is 0 Å². The van der Waals surface area contributed by atoms with Gasteiger partial charge >= 0.3 is 0 Å². The molecule has 0 aliphatic rings. The average molecular weight is 214 g/mol. The molecule has 0 fully saturated rings. The van der Waals surface area contributed by atoms with E-state index >= 15 is 0 Å². The van der Waals surface area contributed by atoms with E-state index in [1.54, 1.807) is 24.7 Å². The summed E-state index contributed by atoms with van der Waals surface area (Å²) in [5.74, 6) is 0.280. The molecule has 0 saturated carbocycles. The fourth-order valence-electron chi connectivity index (χ4n) is 1.69. The molecule has 2 aromatic rings. The van der Waals surface area contributed by atoms with Gasteiger partial charge in [-0.1, -0.05) is 26.0 Å². The van der Waals surface area contributed by atoms with Crippen molar-refractivity contribution < 1.29 is 5.11 Å². The fraction of sp³-hybridized carbons (Fsp3) is 0.231. The summed E-state index contributed by atoms with van der Waals surface area (Å²) >= 11 is 0. The van der Waals surface area contributed by atoms with Crippen molar-refractivity contribution in [1.29, 1.82) is 0 Å². The van der Waals surface area contributed by atoms with E-state index in [-0.39, 0.29) is 11.2 Å². The maximum Gasteiger partial charge on any atom is 0.115 e. The lowest BCUT2D eigenvalue weighted by molar-refractivity contribution is 0.474. The largest absolute Gasteiger partial charge is 0.508 e. The van der Waals surface area contributed by atoms with Crippen molar-refractivity contribution in [2.75, 3.05) is 0 Å². The third kappa shape index (κ3) is 1.89. The molecular weight excluding hydrogens is 200 g/mol. The van der Waals surface area contributed by atoms with E-state index in [9.17, 15) is 5.11 Å². The third-order valence-electron chi connectivity index (χ3n) is 2.81. The molecule has 0 aliphatic heterocycles. The number of benzene rings is 1. The minimum Gasteiger partial charge on any atom is -0.508 e. The van der Waals surface area contributed by atoms with E-state index in [2.05, 4.69) is 23.8 Å². The first-order chi connectivity index (χ1) is 7.60. The van der Waals surface area contributed by atoms with E-state index < -0.39 is 0 Å². The number of nitrogens with zero attached hydrogens (tertiary/aromatic N) is 2. The average Bonchev–Trinajstić information content (AvgIpc) is 2.31. The van der Waals surface area contributed by atoms with Crippen molar-refractivity contribution in [3.63, 3.8) is 0 Å². The Morgan fingerprint density at radius 3 is 2.31 bits per heavy atom. The highest BCUT2D eigenvalue weighted by Gasteiger charge is 2.24. The summed E-state index contributed by atoms with van der Waals surface area (Å²) < 4.78 is 0. The minimum atomic E-state index is -0.184. The van der Waals surface area contributed by atoms with Gasteiger partial charge in [0.05, 0.1) is 5.69 Å². The second-order valence-electron chi connectivity index (χ2n) is 4.27. The lowest BCUT2D eigenvalue weighted by Crippen LogP contribution is -2.20. The van der Waals surface area contributed by atoms with Crippen LogP contribution in [0.3, 0.4) is 0 Å². The maximum absolute atomic E-state index is 9.27. The first-order valence-corrected chi connectivity index (χ1v) is 5.17. The number of phenols is 1. The van der Waals surface area contributed by atoms with Gasteiger partial charge in [-0.2, -0.15) is 0 Å². The van der Waals surface area contributed by atoms with Gasteiger partial charge in [0.1, 0.15) is 12.1 Å². The van der Waals surface area contributed by atoms with Crippen molar-refractivity contribution in [2.24, 2.45) is 0 Å². The molecule has 2 rings (SSSR count). The van der Waals surface area contributed by atoms with Crippen LogP contribution in [0, 0.1) is 0 Å². The summed E-state index contributed by atoms with van der Waals surface area (Å²) in [6, 6.07) is 9.12. The number of hydrogen-bond acceptors (Lipinski definition) is 3. The van der Waals surface area contributed by atoms with Gasteiger partial charge in [-0.05, 0) is 23.8 Å². The van der Waals surface area contributed by atoms with Gasteiger partial charge in [0.2, 0.25) is 0 Å². The van der Waals surface area contributed by atoms with Crippen molar-refractivity contribution in [3.05, 3.63) is 54.1 Å². The number of rotatable bonds is 2. The Hall–Kier alpha value is -1.90. The van der Waals surface area contributed by atoms with Crippen molar-refractivity contribution in [1.82, 2.24) is 9.97 Å². The Kier molecular flexibility index (Phi) is 2.60. The monoisotopic (exact) mass is 214 g/mol. The Morgan fingerprint density at radius 2 is 1.75 bits per heavy atom. The summed E-state index contributed by atoms with van der Waals surface area (Å²) in [5, 5.41) is 9.27. The number of phenolic OH excluding ortho intramolecular Hbond substituents is 1. The van der Waals surface area contributed by atoms with Gasteiger partial charge in [-0.3, -0.25) is 0 Å². The smallest absolute Gasteiger partial charge is 0.115 e. The van der Waals surface area contributed by atoms with Gasteiger partial charge < -0.3 is 5.11 Å². The molecule has 0 radical (unpaired) electrons. The highest BCUT2D eigenvalue weighted by Crippen LogP contribution is 2.30. The molecule has 1 aromatic heterocycles. The SMILES string of the molecule is CC(C)(c1ccc(O)cc1)c1ccncn1. The zero-order valence-corrected chi connectivity index (χ0v) is 9.38. The van der Waals surface area contributed by atoms with Crippen LogP contribution in [0.15, 0.2) is 42.9 Å². The molecule has 0 aliphatic carbocycles. The molecule has 3 nitrogen and oxygen atoms in total. The van der Waals surface area contributed by atoms with E-state index in [1.165, 1.54) is 0 Å². The number of aromatic nitrogens is 2. The second kappa shape index (κ2) is 3.93. The molecule has 0 bridgehead atoms. The van der Waals surface area contributed by atoms with Crippen LogP contribution in [0.5, 0.6) is 5.75 Å². The van der Waals surface area contributed by atoms with Crippen molar-refractivity contribution in [3.8, 4) is 5.75 Å². The standard InChI is InChI=1S/C13H14N2O/c1-13(2,12-7-8-14-9-15-12)10-3-5-11(16)6-4-10/h3-9,16H,1-2H3. The van der Waals surface area contributed by atoms with Crippen LogP contribution in [-0.4, -0.2) is 15.1 Å². The highest BCUT2D eigenvalue weighted by atomic mass is 16.3. The highest BCUT2D eigenvalue weighted by molar-refractivity contribution is 5.36. The Morgan fingerprint density at radius 1 is 1.06 bits per heavy atom. The van der Waals surface area contributed by atoms with Gasteiger partial charge in [0.15, 0.2) is 0 Å². The summed E-state index contributed by atoms with van der Waals surface area (Å²) in [7, 11) is 0. The molecule has 0 spiro atoms. The predicted octanol–water partition coefficient (Wildman–Crippen LogP) is 2.51. The fourth-order valence-corrected chi connectivity index (χ4v) is 1.69. The Balaban J connectivity index is 2.43. The molecule has 1 aromatic carbocycles. The zero-order chi connectivity index (χ0) is 11.6. The van der Waals surface area contributed by atoms with Gasteiger partial charge in [0.25, 0.3) is 0 Å². The van der Waals surface area contributed by atoms with Gasteiger partial charge in [-0.25, -0.2) is 9.97 Å². The lowest BCUT2D eigenvalue weighted by Gasteiger charge is -2.24. The first-order valence-electron chi connectivity index (χ1n) is 5.17. The van der Waals surface area contributed by atoms with Crippen LogP contribution in [-0.2, 0) is 5.41 Å². The maximum atomic E-state index is 9.27. The predicted molar refractivity (Wildman–Crippen MR) is 62.3 cm³/mol. The van der Waals surface area contributed by atoms with Crippen LogP contribution in [0.4, 0.5) is 0 Å². The minimum absolute atomic E-state index is 0.184. The van der Waals surface area contributed by atoms with E-state index in [0.29, 0.717) is 0 Å².